The number of amides is 1. The number of carbonyl (C=O) groups is 1. The van der Waals surface area contributed by atoms with Crippen molar-refractivity contribution in [2.75, 3.05) is 40.9 Å². The molecule has 8 nitrogen and oxygen atoms in total. The van der Waals surface area contributed by atoms with E-state index in [0.29, 0.717) is 17.4 Å². The maximum Gasteiger partial charge on any atom is 0.268 e. The first-order chi connectivity index (χ1) is 37.0. The lowest BCUT2D eigenvalue weighted by molar-refractivity contribution is -0.870. The van der Waals surface area contributed by atoms with Gasteiger partial charge in [-0.15, -0.1) is 0 Å². The molecule has 442 valence electrons. The number of aliphatic hydroxyl groups excluding tert-OH is 1. The molecule has 1 amide bonds. The van der Waals surface area contributed by atoms with E-state index >= 15 is 0 Å². The molecule has 0 bridgehead atoms. The fraction of sp³-hybridized carbons (Fsp3) is 0.776. The van der Waals surface area contributed by atoms with Crippen molar-refractivity contribution in [1.29, 1.82) is 0 Å². The summed E-state index contributed by atoms with van der Waals surface area (Å²) in [5.74, 6) is -0.209. The van der Waals surface area contributed by atoms with Crippen LogP contribution in [-0.4, -0.2) is 68.5 Å². The van der Waals surface area contributed by atoms with Gasteiger partial charge in [0.2, 0.25) is 5.91 Å². The van der Waals surface area contributed by atoms with Crippen molar-refractivity contribution in [2.45, 2.75) is 296 Å². The predicted molar refractivity (Wildman–Crippen MR) is 330 cm³/mol. The van der Waals surface area contributed by atoms with E-state index in [-0.39, 0.29) is 12.5 Å². The van der Waals surface area contributed by atoms with Gasteiger partial charge in [-0.25, -0.2) is 0 Å². The number of carbonyl (C=O) groups excluding carboxylic acids is 1. The quantitative estimate of drug-likeness (QED) is 0.0272. The van der Waals surface area contributed by atoms with Crippen LogP contribution in [0.25, 0.3) is 0 Å². The van der Waals surface area contributed by atoms with Gasteiger partial charge in [-0.05, 0) is 77.0 Å². The number of phosphoric acid groups is 1. The van der Waals surface area contributed by atoms with E-state index in [1.807, 2.05) is 27.2 Å². The Hall–Kier alpha value is -2.32. The molecule has 0 fully saturated rings. The molecule has 0 radical (unpaired) electrons. The zero-order chi connectivity index (χ0) is 55.6. The number of likely N-dealkylation sites (N-methyl/N-ethyl adjacent to an activating group) is 1. The molecule has 0 aliphatic rings. The largest absolute Gasteiger partial charge is 0.756 e. The van der Waals surface area contributed by atoms with Crippen LogP contribution >= 0.6 is 7.82 Å². The average molecular weight is 1080 g/mol. The van der Waals surface area contributed by atoms with E-state index in [2.05, 4.69) is 92.1 Å². The standard InChI is InChI=1S/C67H123N2O6P/c1-6-8-10-12-14-16-18-20-22-24-26-28-30-32-33-34-35-37-39-41-43-45-47-49-51-53-55-57-59-61-67(71)68-65(64-75-76(72,73)74-63-62-69(3,4)5)66(70)60-58-56-54-52-50-48-46-44-42-40-38-36-31-29-27-25-23-21-19-17-15-13-11-9-7-2/h8,10,14,16,20,22,26,28,32-33,50,52,58,60,65-66,70H,6-7,9,11-13,15,17-19,21,23-25,27,29-31,34-49,51,53-57,59,61-64H2,1-5H3,(H-,68,71,72,73)/b10-8-,16-14-,22-20-,28-26-,33-32-,52-50+,60-58+. The second kappa shape index (κ2) is 57.4. The lowest BCUT2D eigenvalue weighted by Gasteiger charge is -2.29. The average Bonchev–Trinajstić information content (AvgIpc) is 3.38. The fourth-order valence-corrected chi connectivity index (χ4v) is 9.86. The van der Waals surface area contributed by atoms with Gasteiger partial charge < -0.3 is 28.8 Å². The number of hydrogen-bond donors (Lipinski definition) is 2. The molecule has 3 unspecified atom stereocenters. The van der Waals surface area contributed by atoms with Crippen LogP contribution in [0, 0.1) is 0 Å². The summed E-state index contributed by atoms with van der Waals surface area (Å²) in [6.45, 7) is 4.54. The smallest absolute Gasteiger partial charge is 0.268 e. The summed E-state index contributed by atoms with van der Waals surface area (Å²) in [5.41, 5.74) is 0. The van der Waals surface area contributed by atoms with Crippen LogP contribution in [-0.2, 0) is 18.4 Å². The molecule has 9 heteroatoms. The van der Waals surface area contributed by atoms with E-state index in [4.69, 9.17) is 9.05 Å². The predicted octanol–water partition coefficient (Wildman–Crippen LogP) is 19.4. The van der Waals surface area contributed by atoms with E-state index < -0.39 is 26.6 Å². The fourth-order valence-electron chi connectivity index (χ4n) is 9.14. The first-order valence-electron chi connectivity index (χ1n) is 31.9. The number of nitrogens with zero attached hydrogens (tertiary/aromatic N) is 1. The third-order valence-electron chi connectivity index (χ3n) is 14.1. The van der Waals surface area contributed by atoms with Crippen LogP contribution in [0.2, 0.25) is 0 Å². The monoisotopic (exact) mass is 1080 g/mol. The third-order valence-corrected chi connectivity index (χ3v) is 15.1. The van der Waals surface area contributed by atoms with E-state index in [0.717, 1.165) is 70.6 Å². The zero-order valence-electron chi connectivity index (χ0n) is 50.4. The second-order valence-electron chi connectivity index (χ2n) is 22.7. The van der Waals surface area contributed by atoms with Crippen molar-refractivity contribution in [3.63, 3.8) is 0 Å². The molecule has 0 aliphatic heterocycles. The van der Waals surface area contributed by atoms with Gasteiger partial charge in [0.15, 0.2) is 0 Å². The highest BCUT2D eigenvalue weighted by atomic mass is 31.2. The summed E-state index contributed by atoms with van der Waals surface area (Å²) in [4.78, 5) is 25.6. The first-order valence-corrected chi connectivity index (χ1v) is 33.4. The first kappa shape index (κ1) is 73.7. The summed E-state index contributed by atoms with van der Waals surface area (Å²) < 4.78 is 23.4. The SMILES string of the molecule is CC/C=C\C/C=C\C/C=C\C/C=C\C/C=C\CCCCCCCCCCCCCCCC(=O)NC(COP(=O)([O-])OCC[N+](C)(C)C)C(O)/C=C/CC/C=C/CCCCCCCCCCCCCCCCCCCCC. The summed E-state index contributed by atoms with van der Waals surface area (Å²) >= 11 is 0. The number of nitrogens with one attached hydrogen (secondary N) is 1. The molecule has 0 aromatic heterocycles. The Morgan fingerprint density at radius 3 is 1.22 bits per heavy atom. The number of hydrogen-bond acceptors (Lipinski definition) is 6. The van der Waals surface area contributed by atoms with Gasteiger partial charge in [-0.2, -0.15) is 0 Å². The molecule has 0 heterocycles. The number of quaternary nitrogens is 1. The minimum absolute atomic E-state index is 0.00917. The molecular formula is C67H123N2O6P. The maximum atomic E-state index is 13.0. The van der Waals surface area contributed by atoms with Gasteiger partial charge in [-0.1, -0.05) is 285 Å². The summed E-state index contributed by atoms with van der Waals surface area (Å²) in [7, 11) is 1.24. The van der Waals surface area contributed by atoms with Crippen LogP contribution in [0.1, 0.15) is 284 Å². The van der Waals surface area contributed by atoms with E-state index in [1.165, 1.54) is 193 Å². The molecule has 0 saturated heterocycles. The highest BCUT2D eigenvalue weighted by Crippen LogP contribution is 2.38. The lowest BCUT2D eigenvalue weighted by Crippen LogP contribution is -2.45. The molecule has 0 spiro atoms. The van der Waals surface area contributed by atoms with Gasteiger partial charge in [0.05, 0.1) is 39.9 Å². The molecule has 0 saturated carbocycles. The summed E-state index contributed by atoms with van der Waals surface area (Å²) in [5, 5.41) is 13.9. The number of allylic oxidation sites excluding steroid dienone is 13. The second-order valence-corrected chi connectivity index (χ2v) is 24.1. The zero-order valence-corrected chi connectivity index (χ0v) is 51.3. The number of rotatable bonds is 58. The highest BCUT2D eigenvalue weighted by molar-refractivity contribution is 7.45. The van der Waals surface area contributed by atoms with Gasteiger partial charge >= 0.3 is 0 Å². The number of unbranched alkanes of at least 4 members (excludes halogenated alkanes) is 33. The number of phosphoric ester groups is 1. The minimum atomic E-state index is -4.61. The van der Waals surface area contributed by atoms with Crippen molar-refractivity contribution in [3.05, 3.63) is 85.1 Å². The Kier molecular flexibility index (Phi) is 55.6. The Balaban J connectivity index is 4.19. The molecule has 2 N–H and O–H groups in total. The molecular weight excluding hydrogens is 960 g/mol. The molecule has 0 rings (SSSR count). The Labute approximate surface area is 471 Å². The molecule has 3 atom stereocenters. The Morgan fingerprint density at radius 2 is 0.816 bits per heavy atom. The van der Waals surface area contributed by atoms with Crippen molar-refractivity contribution in [2.24, 2.45) is 0 Å². The van der Waals surface area contributed by atoms with Crippen LogP contribution in [0.4, 0.5) is 0 Å². The summed E-state index contributed by atoms with van der Waals surface area (Å²) in [6, 6.07) is -0.910. The molecule has 76 heavy (non-hydrogen) atoms. The van der Waals surface area contributed by atoms with Crippen molar-refractivity contribution in [3.8, 4) is 0 Å². The van der Waals surface area contributed by atoms with Crippen LogP contribution in [0.5, 0.6) is 0 Å². The third kappa shape index (κ3) is 59.3. The van der Waals surface area contributed by atoms with Crippen molar-refractivity contribution in [1.82, 2.24) is 5.32 Å². The normalized spacial score (nSPS) is 14.4. The van der Waals surface area contributed by atoms with Gasteiger partial charge in [0.25, 0.3) is 7.82 Å². The summed E-state index contributed by atoms with van der Waals surface area (Å²) in [6.07, 6.45) is 81.1. The maximum absolute atomic E-state index is 13.0. The lowest BCUT2D eigenvalue weighted by atomic mass is 10.0. The minimum Gasteiger partial charge on any atom is -0.756 e. The molecule has 0 aliphatic carbocycles. The van der Waals surface area contributed by atoms with Crippen LogP contribution in [0.3, 0.4) is 0 Å². The molecule has 0 aromatic carbocycles. The van der Waals surface area contributed by atoms with Crippen LogP contribution in [0.15, 0.2) is 85.1 Å². The van der Waals surface area contributed by atoms with Crippen molar-refractivity contribution >= 4 is 13.7 Å². The number of aliphatic hydroxyl groups is 1. The van der Waals surface area contributed by atoms with Gasteiger partial charge in [-0.3, -0.25) is 9.36 Å². The van der Waals surface area contributed by atoms with E-state index in [1.54, 1.807) is 6.08 Å². The Bertz CT molecular complexity index is 1510. The molecule has 0 aromatic rings. The van der Waals surface area contributed by atoms with Gasteiger partial charge in [0, 0.05) is 6.42 Å². The van der Waals surface area contributed by atoms with Gasteiger partial charge in [0.1, 0.15) is 13.2 Å². The Morgan fingerprint density at radius 1 is 0.474 bits per heavy atom. The van der Waals surface area contributed by atoms with E-state index in [9.17, 15) is 19.4 Å². The van der Waals surface area contributed by atoms with Crippen LogP contribution < -0.4 is 10.2 Å². The highest BCUT2D eigenvalue weighted by Gasteiger charge is 2.23. The van der Waals surface area contributed by atoms with Crippen molar-refractivity contribution < 1.29 is 32.9 Å². The topological polar surface area (TPSA) is 108 Å².